The molecule has 0 radical (unpaired) electrons. The van der Waals surface area contributed by atoms with Gasteiger partial charge in [-0.25, -0.2) is 13.8 Å². The van der Waals surface area contributed by atoms with Crippen molar-refractivity contribution in [2.24, 2.45) is 0 Å². The molecule has 1 aliphatic heterocycles. The lowest BCUT2D eigenvalue weighted by Gasteiger charge is -2.29. The van der Waals surface area contributed by atoms with Gasteiger partial charge in [0.15, 0.2) is 0 Å². The Balaban J connectivity index is 1.49. The number of halogens is 3. The van der Waals surface area contributed by atoms with E-state index in [0.29, 0.717) is 36.2 Å². The van der Waals surface area contributed by atoms with Gasteiger partial charge in [-0.05, 0) is 30.3 Å². The van der Waals surface area contributed by atoms with Gasteiger partial charge in [-0.1, -0.05) is 17.7 Å². The van der Waals surface area contributed by atoms with Gasteiger partial charge in [0.05, 0.1) is 24.8 Å². The first-order valence-corrected chi connectivity index (χ1v) is 10.3. The first-order chi connectivity index (χ1) is 15.5. The van der Waals surface area contributed by atoms with Gasteiger partial charge >= 0.3 is 0 Å². The highest BCUT2D eigenvalue weighted by atomic mass is 35.5. The average molecular weight is 457 g/mol. The topological polar surface area (TPSA) is 86.1 Å². The molecule has 0 amide bonds. The van der Waals surface area contributed by atoms with Crippen LogP contribution in [0.25, 0.3) is 0 Å². The van der Waals surface area contributed by atoms with E-state index in [2.05, 4.69) is 31.6 Å². The smallest absolute Gasteiger partial charge is 0.229 e. The van der Waals surface area contributed by atoms with Crippen LogP contribution in [0.2, 0.25) is 5.02 Å². The lowest BCUT2D eigenvalue weighted by molar-refractivity contribution is 0.122. The third kappa shape index (κ3) is 5.04. The molecule has 7 nitrogen and oxygen atoms in total. The molecule has 164 valence electrons. The number of anilines is 4. The highest BCUT2D eigenvalue weighted by molar-refractivity contribution is 6.30. The van der Waals surface area contributed by atoms with Crippen molar-refractivity contribution in [3.8, 4) is 6.07 Å². The molecule has 2 heterocycles. The van der Waals surface area contributed by atoms with Crippen LogP contribution in [0.3, 0.4) is 0 Å². The number of hydrogen-bond acceptors (Lipinski definition) is 7. The Hall–Kier alpha value is -3.48. The predicted octanol–water partition coefficient (Wildman–Crippen LogP) is 4.47. The fraction of sp³-hybridized carbons (Fsp3) is 0.227. The van der Waals surface area contributed by atoms with E-state index in [1.807, 2.05) is 12.1 Å². The van der Waals surface area contributed by atoms with Crippen molar-refractivity contribution >= 4 is 34.7 Å². The van der Waals surface area contributed by atoms with Crippen LogP contribution in [0.5, 0.6) is 0 Å². The molecule has 1 fully saturated rings. The minimum Gasteiger partial charge on any atom is -0.378 e. The number of ether oxygens (including phenoxy) is 1. The summed E-state index contributed by atoms with van der Waals surface area (Å²) < 4.78 is 32.8. The van der Waals surface area contributed by atoms with Gasteiger partial charge < -0.3 is 20.3 Å². The summed E-state index contributed by atoms with van der Waals surface area (Å²) in [5.41, 5.74) is 2.29. The van der Waals surface area contributed by atoms with Crippen molar-refractivity contribution in [1.29, 1.82) is 5.26 Å². The van der Waals surface area contributed by atoms with E-state index in [0.717, 1.165) is 24.8 Å². The Kier molecular flexibility index (Phi) is 6.63. The molecular formula is C22H19ClF2N6O. The summed E-state index contributed by atoms with van der Waals surface area (Å²) in [6.45, 7) is 2.82. The second-order valence-electron chi connectivity index (χ2n) is 7.06. The lowest BCUT2D eigenvalue weighted by Crippen LogP contribution is -2.36. The van der Waals surface area contributed by atoms with Crippen molar-refractivity contribution in [3.05, 3.63) is 70.4 Å². The van der Waals surface area contributed by atoms with E-state index < -0.39 is 16.7 Å². The van der Waals surface area contributed by atoms with Crippen molar-refractivity contribution in [2.75, 3.05) is 41.8 Å². The minimum atomic E-state index is -0.810. The standard InChI is InChI=1S/C22H19ClF2N6O/c23-20-18(24)2-1-15(21(20)25)13-28-19-3-4-27-22(30-19)29-16-9-14(12-26)10-17(11-16)31-5-7-32-8-6-31/h1-4,9-11H,5-8,13H2,(H2,27,28,29,30). The zero-order valence-corrected chi connectivity index (χ0v) is 17.7. The summed E-state index contributed by atoms with van der Waals surface area (Å²) in [5, 5.41) is 14.9. The summed E-state index contributed by atoms with van der Waals surface area (Å²) in [7, 11) is 0. The van der Waals surface area contributed by atoms with Gasteiger partial charge in [0, 0.05) is 42.8 Å². The average Bonchev–Trinajstić information content (AvgIpc) is 2.82. The van der Waals surface area contributed by atoms with Crippen LogP contribution >= 0.6 is 11.6 Å². The first-order valence-electron chi connectivity index (χ1n) is 9.87. The van der Waals surface area contributed by atoms with Gasteiger partial charge in [0.1, 0.15) is 22.5 Å². The van der Waals surface area contributed by atoms with Crippen LogP contribution in [-0.2, 0) is 11.3 Å². The monoisotopic (exact) mass is 456 g/mol. The van der Waals surface area contributed by atoms with Crippen LogP contribution in [0.4, 0.5) is 31.9 Å². The number of nitrogens with one attached hydrogen (secondary N) is 2. The van der Waals surface area contributed by atoms with Crippen molar-refractivity contribution in [2.45, 2.75) is 6.54 Å². The Labute approximate surface area is 188 Å². The largest absolute Gasteiger partial charge is 0.378 e. The lowest BCUT2D eigenvalue weighted by atomic mass is 10.1. The molecular weight excluding hydrogens is 438 g/mol. The van der Waals surface area contributed by atoms with Gasteiger partial charge in [-0.15, -0.1) is 0 Å². The SMILES string of the molecule is N#Cc1cc(Nc2nccc(NCc3ccc(F)c(Cl)c3F)n2)cc(N2CCOCC2)c1. The zero-order chi connectivity index (χ0) is 22.5. The maximum Gasteiger partial charge on any atom is 0.229 e. The summed E-state index contributed by atoms with van der Waals surface area (Å²) in [4.78, 5) is 10.7. The molecule has 3 aromatic rings. The summed E-state index contributed by atoms with van der Waals surface area (Å²) in [5.74, 6) is -0.879. The van der Waals surface area contributed by atoms with E-state index in [9.17, 15) is 14.0 Å². The number of morpholine rings is 1. The quantitative estimate of drug-likeness (QED) is 0.529. The Morgan fingerprint density at radius 3 is 2.75 bits per heavy atom. The Morgan fingerprint density at radius 1 is 1.16 bits per heavy atom. The maximum absolute atomic E-state index is 14.1. The van der Waals surface area contributed by atoms with Crippen LogP contribution < -0.4 is 15.5 Å². The summed E-state index contributed by atoms with van der Waals surface area (Å²) in [6.07, 6.45) is 1.54. The molecule has 0 unspecified atom stereocenters. The molecule has 32 heavy (non-hydrogen) atoms. The number of benzene rings is 2. The molecule has 4 rings (SSSR count). The van der Waals surface area contributed by atoms with Crippen molar-refractivity contribution < 1.29 is 13.5 Å². The fourth-order valence-electron chi connectivity index (χ4n) is 3.29. The molecule has 0 atom stereocenters. The Bertz CT molecular complexity index is 1160. The van der Waals surface area contributed by atoms with Gasteiger partial charge in [-0.3, -0.25) is 0 Å². The van der Waals surface area contributed by atoms with Crippen LogP contribution in [0, 0.1) is 23.0 Å². The van der Waals surface area contributed by atoms with Gasteiger partial charge in [-0.2, -0.15) is 10.2 Å². The fourth-order valence-corrected chi connectivity index (χ4v) is 3.47. The number of nitrogens with zero attached hydrogens (tertiary/aromatic N) is 4. The van der Waals surface area contributed by atoms with E-state index in [1.54, 1.807) is 18.3 Å². The van der Waals surface area contributed by atoms with Gasteiger partial charge in [0.25, 0.3) is 0 Å². The molecule has 1 saturated heterocycles. The number of aromatic nitrogens is 2. The molecule has 0 saturated carbocycles. The molecule has 0 bridgehead atoms. The van der Waals surface area contributed by atoms with Crippen LogP contribution in [-0.4, -0.2) is 36.3 Å². The second-order valence-corrected chi connectivity index (χ2v) is 7.44. The molecule has 1 aromatic heterocycles. The summed E-state index contributed by atoms with van der Waals surface area (Å²) >= 11 is 5.63. The summed E-state index contributed by atoms with van der Waals surface area (Å²) in [6, 6.07) is 11.7. The highest BCUT2D eigenvalue weighted by Gasteiger charge is 2.14. The van der Waals surface area contributed by atoms with Crippen LogP contribution in [0.15, 0.2) is 42.6 Å². The van der Waals surface area contributed by atoms with E-state index >= 15 is 0 Å². The normalized spacial score (nSPS) is 13.5. The van der Waals surface area contributed by atoms with Crippen LogP contribution in [0.1, 0.15) is 11.1 Å². The highest BCUT2D eigenvalue weighted by Crippen LogP contribution is 2.26. The minimum absolute atomic E-state index is 0.0629. The molecule has 10 heteroatoms. The third-order valence-corrected chi connectivity index (χ3v) is 5.26. The number of rotatable bonds is 6. The van der Waals surface area contributed by atoms with Crippen molar-refractivity contribution in [1.82, 2.24) is 9.97 Å². The number of hydrogen-bond donors (Lipinski definition) is 2. The molecule has 0 aliphatic carbocycles. The van der Waals surface area contributed by atoms with E-state index in [-0.39, 0.29) is 12.1 Å². The maximum atomic E-state index is 14.1. The predicted molar refractivity (Wildman–Crippen MR) is 118 cm³/mol. The zero-order valence-electron chi connectivity index (χ0n) is 16.9. The Morgan fingerprint density at radius 2 is 1.97 bits per heavy atom. The van der Waals surface area contributed by atoms with Gasteiger partial charge in [0.2, 0.25) is 5.95 Å². The number of nitriles is 1. The van der Waals surface area contributed by atoms with E-state index in [1.165, 1.54) is 6.07 Å². The third-order valence-electron chi connectivity index (χ3n) is 4.91. The molecule has 1 aliphatic rings. The first kappa shape index (κ1) is 21.7. The van der Waals surface area contributed by atoms with E-state index in [4.69, 9.17) is 16.3 Å². The molecule has 0 spiro atoms. The molecule has 2 N–H and O–H groups in total. The molecule has 2 aromatic carbocycles. The van der Waals surface area contributed by atoms with Crippen molar-refractivity contribution in [3.63, 3.8) is 0 Å². The second kappa shape index (κ2) is 9.77.